The predicted molar refractivity (Wildman–Crippen MR) is 89.2 cm³/mol. The van der Waals surface area contributed by atoms with Crippen molar-refractivity contribution in [1.29, 1.82) is 0 Å². The summed E-state index contributed by atoms with van der Waals surface area (Å²) >= 11 is 0. The highest BCUT2D eigenvalue weighted by Gasteiger charge is 2.23. The number of aromatic nitrogens is 4. The number of H-pyrrole nitrogens is 1. The normalized spacial score (nSPS) is 18.1. The lowest BCUT2D eigenvalue weighted by Crippen LogP contribution is -2.42. The van der Waals surface area contributed by atoms with Crippen LogP contribution >= 0.6 is 0 Å². The Balaban J connectivity index is 1.69. The second kappa shape index (κ2) is 7.47. The lowest BCUT2D eigenvalue weighted by Gasteiger charge is -2.24. The smallest absolute Gasteiger partial charge is 0.328 e. The molecule has 9 heteroatoms. The minimum absolute atomic E-state index is 0.106. The van der Waals surface area contributed by atoms with Crippen molar-refractivity contribution in [2.45, 2.75) is 32.5 Å². The number of aromatic amines is 1. The molecule has 1 amide bonds. The number of carbonyl (C=O) groups is 1. The number of carbonyl (C=O) groups excluding carboxylic acids is 1. The quantitative estimate of drug-likeness (QED) is 0.792. The molecule has 25 heavy (non-hydrogen) atoms. The van der Waals surface area contributed by atoms with E-state index in [2.05, 4.69) is 10.1 Å². The van der Waals surface area contributed by atoms with Crippen molar-refractivity contribution in [2.75, 3.05) is 19.7 Å². The van der Waals surface area contributed by atoms with E-state index in [1.165, 1.54) is 10.8 Å². The highest BCUT2D eigenvalue weighted by Crippen LogP contribution is 2.09. The van der Waals surface area contributed by atoms with E-state index in [0.717, 1.165) is 6.42 Å². The molecule has 0 aliphatic carbocycles. The van der Waals surface area contributed by atoms with E-state index < -0.39 is 11.2 Å². The van der Waals surface area contributed by atoms with Crippen molar-refractivity contribution < 1.29 is 9.53 Å². The van der Waals surface area contributed by atoms with Crippen molar-refractivity contribution in [2.24, 2.45) is 0 Å². The number of hydrogen-bond acceptors (Lipinski definition) is 5. The van der Waals surface area contributed by atoms with Gasteiger partial charge in [-0.05, 0) is 19.4 Å². The van der Waals surface area contributed by atoms with Crippen LogP contribution < -0.4 is 11.2 Å². The van der Waals surface area contributed by atoms with Gasteiger partial charge < -0.3 is 9.64 Å². The molecule has 0 radical (unpaired) electrons. The van der Waals surface area contributed by atoms with E-state index in [1.54, 1.807) is 22.7 Å². The number of amides is 1. The van der Waals surface area contributed by atoms with Gasteiger partial charge in [0.2, 0.25) is 5.91 Å². The summed E-state index contributed by atoms with van der Waals surface area (Å²) < 4.78 is 8.80. The summed E-state index contributed by atoms with van der Waals surface area (Å²) in [5.41, 5.74) is -0.623. The first kappa shape index (κ1) is 17.2. The fourth-order valence-corrected chi connectivity index (χ4v) is 2.83. The van der Waals surface area contributed by atoms with Gasteiger partial charge in [-0.3, -0.25) is 23.8 Å². The van der Waals surface area contributed by atoms with Crippen LogP contribution in [0, 0.1) is 6.92 Å². The predicted octanol–water partition coefficient (Wildman–Crippen LogP) is -0.641. The summed E-state index contributed by atoms with van der Waals surface area (Å²) in [4.78, 5) is 39.8. The van der Waals surface area contributed by atoms with Crippen LogP contribution in [0.1, 0.15) is 12.0 Å². The summed E-state index contributed by atoms with van der Waals surface area (Å²) in [5, 5.41) is 4.16. The maximum atomic E-state index is 12.6. The lowest BCUT2D eigenvalue weighted by molar-refractivity contribution is -0.132. The molecular formula is C16H21N5O4. The molecule has 1 atom stereocenters. The van der Waals surface area contributed by atoms with Crippen LogP contribution in [0.2, 0.25) is 0 Å². The van der Waals surface area contributed by atoms with Gasteiger partial charge in [0.25, 0.3) is 5.56 Å². The Labute approximate surface area is 143 Å². The highest BCUT2D eigenvalue weighted by atomic mass is 16.5. The van der Waals surface area contributed by atoms with Gasteiger partial charge in [0, 0.05) is 43.9 Å². The number of aryl methyl sites for hydroxylation is 1. The molecule has 0 bridgehead atoms. The minimum atomic E-state index is -0.580. The molecule has 134 valence electrons. The van der Waals surface area contributed by atoms with Crippen LogP contribution in [-0.4, -0.2) is 55.9 Å². The summed E-state index contributed by atoms with van der Waals surface area (Å²) in [6.45, 7) is 3.65. The highest BCUT2D eigenvalue weighted by molar-refractivity contribution is 5.76. The average Bonchev–Trinajstić information content (AvgIpc) is 2.96. The molecule has 0 aromatic carbocycles. The summed E-state index contributed by atoms with van der Waals surface area (Å²) in [5.74, 6) is -0.176. The average molecular weight is 347 g/mol. The number of hydrogen-bond donors (Lipinski definition) is 1. The molecule has 3 heterocycles. The molecule has 1 saturated heterocycles. The maximum Gasteiger partial charge on any atom is 0.328 e. The number of nitrogens with zero attached hydrogens (tertiary/aromatic N) is 4. The number of rotatable bonds is 4. The van der Waals surface area contributed by atoms with Crippen LogP contribution in [0.25, 0.3) is 0 Å². The second-order valence-corrected chi connectivity index (χ2v) is 6.11. The molecule has 2 aromatic heterocycles. The Hall–Kier alpha value is -2.68. The van der Waals surface area contributed by atoms with Gasteiger partial charge in [-0.1, -0.05) is 0 Å². The first-order chi connectivity index (χ1) is 12.0. The molecule has 1 aliphatic heterocycles. The Morgan fingerprint density at radius 3 is 3.04 bits per heavy atom. The Morgan fingerprint density at radius 2 is 2.28 bits per heavy atom. The van der Waals surface area contributed by atoms with E-state index in [9.17, 15) is 14.4 Å². The van der Waals surface area contributed by atoms with Crippen LogP contribution in [0.3, 0.4) is 0 Å². The second-order valence-electron chi connectivity index (χ2n) is 6.11. The van der Waals surface area contributed by atoms with Crippen LogP contribution in [0.15, 0.2) is 34.2 Å². The van der Waals surface area contributed by atoms with Crippen LogP contribution in [-0.2, 0) is 22.6 Å². The van der Waals surface area contributed by atoms with Gasteiger partial charge in [-0.15, -0.1) is 0 Å². The molecule has 2 aromatic rings. The largest absolute Gasteiger partial charge is 0.374 e. The third kappa shape index (κ3) is 4.24. The van der Waals surface area contributed by atoms with Crippen LogP contribution in [0.5, 0.6) is 0 Å². The summed E-state index contributed by atoms with van der Waals surface area (Å²) in [7, 11) is 0. The van der Waals surface area contributed by atoms with Gasteiger partial charge in [0.1, 0.15) is 6.54 Å². The number of nitrogens with one attached hydrogen (secondary N) is 1. The first-order valence-corrected chi connectivity index (χ1v) is 8.20. The summed E-state index contributed by atoms with van der Waals surface area (Å²) in [6.07, 6.45) is 5.55. The van der Waals surface area contributed by atoms with Gasteiger partial charge in [0.05, 0.1) is 12.6 Å². The summed E-state index contributed by atoms with van der Waals surface area (Å²) in [6, 6.07) is 1.84. The minimum Gasteiger partial charge on any atom is -0.374 e. The molecule has 1 unspecified atom stereocenters. The zero-order valence-corrected chi connectivity index (χ0v) is 14.1. The molecule has 0 saturated carbocycles. The topological polar surface area (TPSA) is 102 Å². The van der Waals surface area contributed by atoms with Gasteiger partial charge >= 0.3 is 5.69 Å². The van der Waals surface area contributed by atoms with E-state index in [0.29, 0.717) is 31.8 Å². The van der Waals surface area contributed by atoms with Gasteiger partial charge in [-0.2, -0.15) is 5.10 Å². The molecule has 3 rings (SSSR count). The molecular weight excluding hydrogens is 326 g/mol. The van der Waals surface area contributed by atoms with E-state index in [4.69, 9.17) is 4.74 Å². The fraction of sp³-hybridized carbons (Fsp3) is 0.500. The van der Waals surface area contributed by atoms with Crippen molar-refractivity contribution in [1.82, 2.24) is 24.2 Å². The first-order valence-electron chi connectivity index (χ1n) is 8.20. The SMILES string of the molecule is Cc1cn(CC(=O)N2CCCOC(Cn3cccn3)C2)c(=O)[nH]c1=O. The molecule has 9 nitrogen and oxygen atoms in total. The lowest BCUT2D eigenvalue weighted by atomic mass is 10.3. The van der Waals surface area contributed by atoms with Gasteiger partial charge in [-0.25, -0.2) is 4.79 Å². The van der Waals surface area contributed by atoms with Crippen molar-refractivity contribution >= 4 is 5.91 Å². The van der Waals surface area contributed by atoms with E-state index >= 15 is 0 Å². The van der Waals surface area contributed by atoms with Crippen molar-refractivity contribution in [3.8, 4) is 0 Å². The molecule has 1 N–H and O–H groups in total. The Morgan fingerprint density at radius 1 is 1.44 bits per heavy atom. The molecule has 1 aliphatic rings. The zero-order chi connectivity index (χ0) is 17.8. The van der Waals surface area contributed by atoms with E-state index in [1.807, 2.05) is 12.3 Å². The monoisotopic (exact) mass is 347 g/mol. The van der Waals surface area contributed by atoms with Crippen molar-refractivity contribution in [3.63, 3.8) is 0 Å². The maximum absolute atomic E-state index is 12.6. The molecule has 1 fully saturated rings. The standard InChI is InChI=1S/C16H21N5O4/c1-12-8-20(16(24)18-15(12)23)11-14(22)19-5-3-7-25-13(9-19)10-21-6-2-4-17-21/h2,4,6,8,13H,3,5,7,9-11H2,1H3,(H,18,23,24). The Kier molecular flexibility index (Phi) is 5.13. The third-order valence-corrected chi connectivity index (χ3v) is 4.15. The van der Waals surface area contributed by atoms with Crippen LogP contribution in [0.4, 0.5) is 0 Å². The fourth-order valence-electron chi connectivity index (χ4n) is 2.83. The number of ether oxygens (including phenoxy) is 1. The zero-order valence-electron chi connectivity index (χ0n) is 14.1. The molecule has 0 spiro atoms. The van der Waals surface area contributed by atoms with Gasteiger partial charge in [0.15, 0.2) is 0 Å². The Bertz CT molecular complexity index is 839. The van der Waals surface area contributed by atoms with E-state index in [-0.39, 0.29) is 18.6 Å². The van der Waals surface area contributed by atoms with Crippen molar-refractivity contribution in [3.05, 3.63) is 51.1 Å². The third-order valence-electron chi connectivity index (χ3n) is 4.15.